The van der Waals surface area contributed by atoms with Gasteiger partial charge in [-0.2, -0.15) is 0 Å². The van der Waals surface area contributed by atoms with E-state index in [1.807, 2.05) is 31.3 Å². The highest BCUT2D eigenvalue weighted by atomic mass is 16.5. The molecule has 1 saturated carbocycles. The Balaban J connectivity index is 0.000000658. The van der Waals surface area contributed by atoms with E-state index < -0.39 is 5.91 Å². The summed E-state index contributed by atoms with van der Waals surface area (Å²) in [7, 11) is 1.95. The molecular formula is C26H39N7O3. The van der Waals surface area contributed by atoms with Gasteiger partial charge in [0, 0.05) is 43.4 Å². The van der Waals surface area contributed by atoms with Gasteiger partial charge in [-0.25, -0.2) is 9.97 Å². The summed E-state index contributed by atoms with van der Waals surface area (Å²) in [6.07, 6.45) is 5.27. The van der Waals surface area contributed by atoms with Crippen LogP contribution in [0.5, 0.6) is 0 Å². The van der Waals surface area contributed by atoms with E-state index >= 15 is 0 Å². The predicted molar refractivity (Wildman–Crippen MR) is 142 cm³/mol. The van der Waals surface area contributed by atoms with Crippen LogP contribution in [0.2, 0.25) is 0 Å². The molecule has 196 valence electrons. The molecule has 0 radical (unpaired) electrons. The molecule has 0 unspecified atom stereocenters. The Morgan fingerprint density at radius 1 is 1.17 bits per heavy atom. The van der Waals surface area contributed by atoms with Crippen molar-refractivity contribution in [3.63, 3.8) is 0 Å². The molecule has 1 aliphatic heterocycles. The number of nitrogens with two attached hydrogens (primary N) is 1. The van der Waals surface area contributed by atoms with Gasteiger partial charge in [-0.15, -0.1) is 0 Å². The molecule has 10 nitrogen and oxygen atoms in total. The van der Waals surface area contributed by atoms with Crippen LogP contribution in [0.4, 0.5) is 17.3 Å². The van der Waals surface area contributed by atoms with Crippen LogP contribution < -0.4 is 27.0 Å². The second-order valence-corrected chi connectivity index (χ2v) is 9.41. The summed E-state index contributed by atoms with van der Waals surface area (Å²) in [6.45, 7) is 6.22. The van der Waals surface area contributed by atoms with Crippen LogP contribution in [-0.4, -0.2) is 61.2 Å². The zero-order chi connectivity index (χ0) is 25.9. The maximum absolute atomic E-state index is 12.2. The summed E-state index contributed by atoms with van der Waals surface area (Å²) in [5.41, 5.74) is 8.43. The molecule has 2 heterocycles. The number of aromatic nitrogens is 2. The lowest BCUT2D eigenvalue weighted by atomic mass is 10.1. The Morgan fingerprint density at radius 2 is 1.89 bits per heavy atom. The molecule has 1 saturated heterocycles. The van der Waals surface area contributed by atoms with Gasteiger partial charge in [-0.3, -0.25) is 9.59 Å². The first-order chi connectivity index (χ1) is 17.4. The van der Waals surface area contributed by atoms with Gasteiger partial charge in [0.15, 0.2) is 17.3 Å². The van der Waals surface area contributed by atoms with Crippen LogP contribution in [0.1, 0.15) is 67.2 Å². The van der Waals surface area contributed by atoms with E-state index in [1.54, 1.807) is 0 Å². The average Bonchev–Trinajstić information content (AvgIpc) is 3.71. The Bertz CT molecular complexity index is 1010. The van der Waals surface area contributed by atoms with E-state index in [0.717, 1.165) is 55.8 Å². The molecule has 4 rings (SSSR count). The Labute approximate surface area is 213 Å². The van der Waals surface area contributed by atoms with Crippen LogP contribution in [0.3, 0.4) is 0 Å². The number of benzene rings is 1. The van der Waals surface area contributed by atoms with Crippen molar-refractivity contribution in [1.29, 1.82) is 0 Å². The minimum atomic E-state index is -0.610. The van der Waals surface area contributed by atoms with Crippen molar-refractivity contribution >= 4 is 29.6 Å². The molecule has 1 aromatic carbocycles. The smallest absolute Gasteiger partial charge is 0.271 e. The summed E-state index contributed by atoms with van der Waals surface area (Å²) in [6, 6.07) is 8.64. The fourth-order valence-corrected chi connectivity index (χ4v) is 3.71. The third kappa shape index (κ3) is 8.46. The van der Waals surface area contributed by atoms with Crippen LogP contribution in [0.15, 0.2) is 24.3 Å². The van der Waals surface area contributed by atoms with Gasteiger partial charge in [0.05, 0.1) is 5.69 Å². The number of hydrogen-bond acceptors (Lipinski definition) is 8. The lowest BCUT2D eigenvalue weighted by Crippen LogP contribution is -2.29. The third-order valence-corrected chi connectivity index (χ3v) is 6.09. The first-order valence-electron chi connectivity index (χ1n) is 12.7. The maximum Gasteiger partial charge on any atom is 0.271 e. The first-order valence-corrected chi connectivity index (χ1v) is 12.7. The number of carbonyl (C=O) groups is 2. The highest BCUT2D eigenvalue weighted by Gasteiger charge is 2.32. The number of carbonyl (C=O) groups excluding carboxylic acids is 2. The lowest BCUT2D eigenvalue weighted by Gasteiger charge is -2.25. The summed E-state index contributed by atoms with van der Waals surface area (Å²) in [5, 5.41) is 12.4. The number of amides is 2. The van der Waals surface area contributed by atoms with E-state index in [0.29, 0.717) is 43.0 Å². The summed E-state index contributed by atoms with van der Waals surface area (Å²) in [5.74, 6) is 0.763. The monoisotopic (exact) mass is 497 g/mol. The van der Waals surface area contributed by atoms with Crippen molar-refractivity contribution in [2.45, 2.75) is 64.0 Å². The van der Waals surface area contributed by atoms with Crippen molar-refractivity contribution in [3.8, 4) is 0 Å². The highest BCUT2D eigenvalue weighted by Crippen LogP contribution is 2.43. The summed E-state index contributed by atoms with van der Waals surface area (Å²) in [4.78, 5) is 32.0. The molecular weight excluding hydrogens is 458 g/mol. The highest BCUT2D eigenvalue weighted by molar-refractivity contribution is 5.96. The first kappa shape index (κ1) is 27.3. The number of rotatable bonds is 11. The van der Waals surface area contributed by atoms with Gasteiger partial charge in [0.2, 0.25) is 6.41 Å². The molecule has 2 fully saturated rings. The molecule has 0 bridgehead atoms. The van der Waals surface area contributed by atoms with Crippen molar-refractivity contribution in [3.05, 3.63) is 41.2 Å². The summed E-state index contributed by atoms with van der Waals surface area (Å²) < 4.78 is 5.45. The van der Waals surface area contributed by atoms with Crippen LogP contribution >= 0.6 is 0 Å². The Kier molecular flexibility index (Phi) is 10.4. The van der Waals surface area contributed by atoms with E-state index in [9.17, 15) is 9.59 Å². The van der Waals surface area contributed by atoms with Gasteiger partial charge in [-0.1, -0.05) is 26.0 Å². The number of hydrogen-bond donors (Lipinski definition) is 5. The van der Waals surface area contributed by atoms with E-state index in [4.69, 9.17) is 15.5 Å². The number of anilines is 3. The van der Waals surface area contributed by atoms with Crippen molar-refractivity contribution in [2.75, 3.05) is 37.4 Å². The molecule has 1 aromatic heterocycles. The molecule has 1 aliphatic carbocycles. The number of primary amides is 1. The van der Waals surface area contributed by atoms with E-state index in [2.05, 4.69) is 40.1 Å². The fraction of sp³-hybridized carbons (Fsp3) is 0.538. The number of nitrogens with zero attached hydrogens (tertiary/aromatic N) is 2. The van der Waals surface area contributed by atoms with Crippen molar-refractivity contribution in [2.24, 2.45) is 5.73 Å². The van der Waals surface area contributed by atoms with Gasteiger partial charge < -0.3 is 31.7 Å². The molecule has 10 heteroatoms. The molecule has 2 aromatic rings. The van der Waals surface area contributed by atoms with Crippen LogP contribution in [-0.2, 0) is 16.0 Å². The molecule has 36 heavy (non-hydrogen) atoms. The van der Waals surface area contributed by atoms with Crippen molar-refractivity contribution in [1.82, 2.24) is 20.6 Å². The minimum absolute atomic E-state index is 0.146. The number of nitrogens with one attached hydrogen (secondary N) is 4. The molecule has 2 aliphatic rings. The van der Waals surface area contributed by atoms with Gasteiger partial charge in [0.25, 0.3) is 5.91 Å². The normalized spacial score (nSPS) is 15.6. The lowest BCUT2D eigenvalue weighted by molar-refractivity contribution is -0.109. The van der Waals surface area contributed by atoms with Crippen LogP contribution in [0, 0.1) is 0 Å². The third-order valence-electron chi connectivity index (χ3n) is 6.09. The molecule has 0 atom stereocenters. The second kappa shape index (κ2) is 13.7. The molecule has 0 spiro atoms. The quantitative estimate of drug-likeness (QED) is 0.235. The average molecular weight is 498 g/mol. The van der Waals surface area contributed by atoms with E-state index in [-0.39, 0.29) is 11.7 Å². The molecule has 2 amide bonds. The maximum atomic E-state index is 12.2. The fourth-order valence-electron chi connectivity index (χ4n) is 3.71. The zero-order valence-electron chi connectivity index (χ0n) is 21.5. The minimum Gasteiger partial charge on any atom is -0.381 e. The van der Waals surface area contributed by atoms with E-state index in [1.165, 1.54) is 0 Å². The number of ether oxygens (including phenoxy) is 1. The summed E-state index contributed by atoms with van der Waals surface area (Å²) >= 11 is 0. The van der Waals surface area contributed by atoms with Crippen molar-refractivity contribution < 1.29 is 14.3 Å². The van der Waals surface area contributed by atoms with Crippen LogP contribution in [0.25, 0.3) is 0 Å². The Morgan fingerprint density at radius 3 is 2.50 bits per heavy atom. The second-order valence-electron chi connectivity index (χ2n) is 9.41. The molecule has 6 N–H and O–H groups in total. The largest absolute Gasteiger partial charge is 0.381 e. The van der Waals surface area contributed by atoms with Gasteiger partial charge >= 0.3 is 0 Å². The van der Waals surface area contributed by atoms with Gasteiger partial charge in [0.1, 0.15) is 0 Å². The zero-order valence-corrected chi connectivity index (χ0v) is 21.5. The van der Waals surface area contributed by atoms with Gasteiger partial charge in [-0.05, 0) is 56.8 Å². The standard InChI is InChI=1S/C22H28N6O3.C4H11N/c23-20(30)19-22(26-17-3-1-2-14(12-17)6-9-24-13-29)28-21(18(27-19)15-4-5-15)25-16-7-10-31-11-8-16;1-4(2)5-3/h1-3,12-13,15-16H,4-11H2,(H2,23,30)(H,24,29)(H2,25,26,28);4-5H,1-3H3. The predicted octanol–water partition coefficient (Wildman–Crippen LogP) is 2.69. The Hall–Kier alpha value is -3.24. The SMILES string of the molecule is CNC(C)C.NC(=O)c1nc(C2CC2)c(NC2CCOCC2)nc1Nc1cccc(CCNC=O)c1. The topological polar surface area (TPSA) is 143 Å².